The van der Waals surface area contributed by atoms with Crippen LogP contribution in [0.1, 0.15) is 52.9 Å². The molecular weight excluding hydrogens is 210 g/mol. The van der Waals surface area contributed by atoms with Crippen LogP contribution in [0.4, 0.5) is 0 Å². The molecule has 1 radical (unpaired) electrons. The fraction of sp³-hybridized carbons (Fsp3) is 0.733. The highest BCUT2D eigenvalue weighted by Crippen LogP contribution is 2.34. The second kappa shape index (κ2) is 5.24. The Kier molecular flexibility index (Phi) is 3.90. The predicted octanol–water partition coefficient (Wildman–Crippen LogP) is 3.34. The van der Waals surface area contributed by atoms with Gasteiger partial charge in [0, 0.05) is 18.7 Å². The summed E-state index contributed by atoms with van der Waals surface area (Å²) < 4.78 is 0. The summed E-state index contributed by atoms with van der Waals surface area (Å²) in [5, 5.41) is 0. The summed E-state index contributed by atoms with van der Waals surface area (Å²) in [6.07, 6.45) is 8.11. The van der Waals surface area contributed by atoms with Gasteiger partial charge in [-0.1, -0.05) is 26.7 Å². The average molecular weight is 234 g/mol. The van der Waals surface area contributed by atoms with Crippen molar-refractivity contribution in [3.8, 4) is 0 Å². The van der Waals surface area contributed by atoms with Gasteiger partial charge in [-0.15, -0.1) is 0 Å². The zero-order valence-corrected chi connectivity index (χ0v) is 11.3. The first-order valence-corrected chi connectivity index (χ1v) is 6.84. The summed E-state index contributed by atoms with van der Waals surface area (Å²) in [4.78, 5) is 14.1. The minimum absolute atomic E-state index is 0.244. The lowest BCUT2D eigenvalue weighted by molar-refractivity contribution is -0.128. The van der Waals surface area contributed by atoms with E-state index in [9.17, 15) is 4.79 Å². The molecule has 2 unspecified atom stereocenters. The zero-order chi connectivity index (χ0) is 12.4. The molecule has 1 saturated carbocycles. The number of nitrogens with zero attached hydrogens (tertiary/aromatic N) is 1. The topological polar surface area (TPSA) is 20.3 Å². The second-order valence-corrected chi connectivity index (χ2v) is 5.98. The average Bonchev–Trinajstić information content (AvgIpc) is 2.58. The molecule has 0 aromatic heterocycles. The maximum atomic E-state index is 12.0. The van der Waals surface area contributed by atoms with E-state index in [1.807, 2.05) is 6.08 Å². The molecule has 2 aliphatic rings. The van der Waals surface area contributed by atoms with E-state index in [1.54, 1.807) is 0 Å². The minimum atomic E-state index is 0.244. The molecule has 0 aromatic carbocycles. The standard InChI is InChI=1S/C15H24NO/c1-11(2)8-13-6-4-5-7-14(13)16-10-12(3)9-15(16)17/h9,13-14H,4-8,10H2,1-3H3. The SMILES string of the molecule is C[C](C)CC1CCCCC1N1CC(C)=CC1=O. The highest BCUT2D eigenvalue weighted by molar-refractivity contribution is 5.91. The maximum Gasteiger partial charge on any atom is 0.247 e. The van der Waals surface area contributed by atoms with Gasteiger partial charge >= 0.3 is 0 Å². The lowest BCUT2D eigenvalue weighted by atomic mass is 9.79. The Morgan fingerprint density at radius 1 is 1.35 bits per heavy atom. The van der Waals surface area contributed by atoms with Crippen LogP contribution in [0.25, 0.3) is 0 Å². The molecule has 2 nitrogen and oxygen atoms in total. The number of carbonyl (C=O) groups excluding carboxylic acids is 1. The highest BCUT2D eigenvalue weighted by atomic mass is 16.2. The van der Waals surface area contributed by atoms with Crippen LogP contribution in [0.15, 0.2) is 11.6 Å². The Labute approximate surface area is 105 Å². The first-order chi connectivity index (χ1) is 8.08. The van der Waals surface area contributed by atoms with Crippen LogP contribution in [0, 0.1) is 11.8 Å². The molecule has 1 aliphatic heterocycles. The summed E-state index contributed by atoms with van der Waals surface area (Å²) in [6.45, 7) is 7.34. The third-order valence-corrected chi connectivity index (χ3v) is 4.01. The van der Waals surface area contributed by atoms with Gasteiger partial charge in [0.2, 0.25) is 5.91 Å². The van der Waals surface area contributed by atoms with Crippen LogP contribution < -0.4 is 0 Å². The smallest absolute Gasteiger partial charge is 0.247 e. The molecular formula is C15H24NO. The first-order valence-electron chi connectivity index (χ1n) is 6.84. The van der Waals surface area contributed by atoms with E-state index in [0.29, 0.717) is 12.0 Å². The summed E-state index contributed by atoms with van der Waals surface area (Å²) in [5.74, 6) is 2.43. The van der Waals surface area contributed by atoms with Gasteiger partial charge in [0.05, 0.1) is 0 Å². The molecule has 0 bridgehead atoms. The van der Waals surface area contributed by atoms with E-state index >= 15 is 0 Å². The maximum absolute atomic E-state index is 12.0. The minimum Gasteiger partial charge on any atom is -0.332 e. The molecule has 17 heavy (non-hydrogen) atoms. The Bertz CT molecular complexity index is 319. The van der Waals surface area contributed by atoms with Crippen LogP contribution in [0.3, 0.4) is 0 Å². The number of rotatable bonds is 3. The lowest BCUT2D eigenvalue weighted by Crippen LogP contribution is -2.44. The van der Waals surface area contributed by atoms with Crippen LogP contribution in [-0.4, -0.2) is 23.4 Å². The van der Waals surface area contributed by atoms with E-state index in [2.05, 4.69) is 25.7 Å². The van der Waals surface area contributed by atoms with Gasteiger partial charge in [-0.3, -0.25) is 4.79 Å². The third-order valence-electron chi connectivity index (χ3n) is 4.01. The molecule has 2 atom stereocenters. The predicted molar refractivity (Wildman–Crippen MR) is 70.4 cm³/mol. The van der Waals surface area contributed by atoms with Gasteiger partial charge in [-0.05, 0) is 43.6 Å². The molecule has 1 aliphatic carbocycles. The molecule has 1 amide bonds. The van der Waals surface area contributed by atoms with Gasteiger partial charge in [0.25, 0.3) is 0 Å². The molecule has 0 aromatic rings. The Morgan fingerprint density at radius 3 is 2.65 bits per heavy atom. The van der Waals surface area contributed by atoms with Gasteiger partial charge in [0.1, 0.15) is 0 Å². The van der Waals surface area contributed by atoms with Gasteiger partial charge in [-0.25, -0.2) is 0 Å². The second-order valence-electron chi connectivity index (χ2n) is 5.98. The van der Waals surface area contributed by atoms with E-state index in [1.165, 1.54) is 43.6 Å². The first kappa shape index (κ1) is 12.7. The van der Waals surface area contributed by atoms with Crippen molar-refractivity contribution in [3.05, 3.63) is 17.6 Å². The van der Waals surface area contributed by atoms with Gasteiger partial charge < -0.3 is 4.90 Å². The molecule has 2 rings (SSSR count). The van der Waals surface area contributed by atoms with E-state index < -0.39 is 0 Å². The van der Waals surface area contributed by atoms with Crippen molar-refractivity contribution in [2.75, 3.05) is 6.54 Å². The monoisotopic (exact) mass is 234 g/mol. The summed E-state index contributed by atoms with van der Waals surface area (Å²) >= 11 is 0. The highest BCUT2D eigenvalue weighted by Gasteiger charge is 2.34. The molecule has 95 valence electrons. The van der Waals surface area contributed by atoms with Crippen molar-refractivity contribution in [2.24, 2.45) is 5.92 Å². The van der Waals surface area contributed by atoms with Crippen molar-refractivity contribution in [1.82, 2.24) is 4.90 Å². The molecule has 2 heteroatoms. The Morgan fingerprint density at radius 2 is 2.06 bits per heavy atom. The Balaban J connectivity index is 2.04. The fourth-order valence-corrected chi connectivity index (χ4v) is 3.33. The third kappa shape index (κ3) is 2.91. The molecule has 1 heterocycles. The van der Waals surface area contributed by atoms with Crippen molar-refractivity contribution < 1.29 is 4.79 Å². The lowest BCUT2D eigenvalue weighted by Gasteiger charge is -2.39. The zero-order valence-electron chi connectivity index (χ0n) is 11.3. The molecule has 0 N–H and O–H groups in total. The summed E-state index contributed by atoms with van der Waals surface area (Å²) in [5.41, 5.74) is 1.22. The van der Waals surface area contributed by atoms with Crippen molar-refractivity contribution in [1.29, 1.82) is 0 Å². The van der Waals surface area contributed by atoms with E-state index in [-0.39, 0.29) is 5.91 Å². The van der Waals surface area contributed by atoms with Crippen molar-refractivity contribution in [3.63, 3.8) is 0 Å². The van der Waals surface area contributed by atoms with Crippen LogP contribution in [0.2, 0.25) is 0 Å². The number of amides is 1. The quantitative estimate of drug-likeness (QED) is 0.733. The summed E-state index contributed by atoms with van der Waals surface area (Å²) in [7, 11) is 0. The van der Waals surface area contributed by atoms with Gasteiger partial charge in [0.15, 0.2) is 0 Å². The largest absolute Gasteiger partial charge is 0.332 e. The molecule has 0 saturated heterocycles. The van der Waals surface area contributed by atoms with Crippen LogP contribution in [0.5, 0.6) is 0 Å². The van der Waals surface area contributed by atoms with Crippen molar-refractivity contribution in [2.45, 2.75) is 58.9 Å². The van der Waals surface area contributed by atoms with Crippen LogP contribution >= 0.6 is 0 Å². The number of hydrogen-bond donors (Lipinski definition) is 0. The molecule has 0 spiro atoms. The van der Waals surface area contributed by atoms with Gasteiger partial charge in [-0.2, -0.15) is 0 Å². The van der Waals surface area contributed by atoms with E-state index in [0.717, 1.165) is 6.54 Å². The number of carbonyl (C=O) groups is 1. The number of hydrogen-bond acceptors (Lipinski definition) is 1. The molecule has 1 fully saturated rings. The fourth-order valence-electron chi connectivity index (χ4n) is 3.33. The Hall–Kier alpha value is -0.790. The normalized spacial score (nSPS) is 30.0. The summed E-state index contributed by atoms with van der Waals surface area (Å²) in [6, 6.07) is 0.486. The van der Waals surface area contributed by atoms with E-state index in [4.69, 9.17) is 0 Å². The van der Waals surface area contributed by atoms with Crippen LogP contribution in [-0.2, 0) is 4.79 Å². The van der Waals surface area contributed by atoms with Crippen molar-refractivity contribution >= 4 is 5.91 Å².